The molecule has 0 N–H and O–H groups in total. The average Bonchev–Trinajstić information content (AvgIpc) is 2.66. The van der Waals surface area contributed by atoms with Crippen LogP contribution in [0, 0.1) is 0 Å². The summed E-state index contributed by atoms with van der Waals surface area (Å²) in [4.78, 5) is 0. The first-order chi connectivity index (χ1) is 10.5. The summed E-state index contributed by atoms with van der Waals surface area (Å²) in [6, 6.07) is 13.9. The summed E-state index contributed by atoms with van der Waals surface area (Å²) in [5.74, 6) is 0. The van der Waals surface area contributed by atoms with Gasteiger partial charge in [0.25, 0.3) is 0 Å². The smallest absolute Gasteiger partial charge is 0.0616 e. The van der Waals surface area contributed by atoms with E-state index in [9.17, 15) is 0 Å². The van der Waals surface area contributed by atoms with Gasteiger partial charge in [-0.05, 0) is 43.5 Å². The third kappa shape index (κ3) is 2.41. The molecule has 1 aliphatic rings. The predicted molar refractivity (Wildman–Crippen MR) is 106 cm³/mol. The van der Waals surface area contributed by atoms with Crippen molar-refractivity contribution in [1.29, 1.82) is 0 Å². The molecule has 0 amide bonds. The third-order valence-corrected chi connectivity index (χ3v) is 8.86. The topological polar surface area (TPSA) is 0 Å². The summed E-state index contributed by atoms with van der Waals surface area (Å²) in [5, 5.41) is 3.33. The molecule has 122 valence electrons. The fraction of sp³-hybridized carbons (Fsp3) is 0.455. The second-order valence-electron chi connectivity index (χ2n) is 9.58. The van der Waals surface area contributed by atoms with Crippen molar-refractivity contribution in [2.45, 2.75) is 65.5 Å². The van der Waals surface area contributed by atoms with E-state index in [1.807, 2.05) is 0 Å². The lowest BCUT2D eigenvalue weighted by Gasteiger charge is -2.32. The molecule has 1 heterocycles. The van der Waals surface area contributed by atoms with Crippen molar-refractivity contribution in [3.63, 3.8) is 0 Å². The Kier molecular flexibility index (Phi) is 3.47. The SMILES string of the molecule is CC(C)(C)c1cccc2c1[Si](C)(C)c1c-2cccc1C(C)(C)C. The van der Waals surface area contributed by atoms with Gasteiger partial charge in [0, 0.05) is 0 Å². The molecule has 0 spiro atoms. The monoisotopic (exact) mass is 322 g/mol. The van der Waals surface area contributed by atoms with E-state index in [4.69, 9.17) is 0 Å². The van der Waals surface area contributed by atoms with Crippen LogP contribution >= 0.6 is 0 Å². The van der Waals surface area contributed by atoms with Gasteiger partial charge in [-0.15, -0.1) is 0 Å². The van der Waals surface area contributed by atoms with Crippen LogP contribution in [0.2, 0.25) is 13.1 Å². The normalized spacial score (nSPS) is 16.2. The Balaban J connectivity index is 2.40. The molecule has 1 aliphatic heterocycles. The lowest BCUT2D eigenvalue weighted by molar-refractivity contribution is 0.593. The number of hydrogen-bond donors (Lipinski definition) is 0. The molecule has 0 fully saturated rings. The molecule has 2 aromatic carbocycles. The maximum Gasteiger partial charge on any atom is 0.114 e. The Bertz CT molecular complexity index is 702. The zero-order chi connectivity index (χ0) is 17.2. The van der Waals surface area contributed by atoms with Crippen LogP contribution in [-0.2, 0) is 10.8 Å². The van der Waals surface area contributed by atoms with Crippen LogP contribution in [0.3, 0.4) is 0 Å². The van der Waals surface area contributed by atoms with Crippen molar-refractivity contribution in [3.05, 3.63) is 47.5 Å². The van der Waals surface area contributed by atoms with Crippen molar-refractivity contribution >= 4 is 18.4 Å². The van der Waals surface area contributed by atoms with Gasteiger partial charge in [0.1, 0.15) is 8.07 Å². The molecule has 1 heteroatoms. The Morgan fingerprint density at radius 3 is 1.26 bits per heavy atom. The summed E-state index contributed by atoms with van der Waals surface area (Å²) in [7, 11) is -1.69. The molecule has 0 aliphatic carbocycles. The highest BCUT2D eigenvalue weighted by Gasteiger charge is 2.43. The average molecular weight is 323 g/mol. The van der Waals surface area contributed by atoms with E-state index in [1.165, 1.54) is 11.1 Å². The molecule has 0 saturated heterocycles. The predicted octanol–water partition coefficient (Wildman–Crippen LogP) is 5.08. The van der Waals surface area contributed by atoms with Crippen molar-refractivity contribution < 1.29 is 0 Å². The first-order valence-electron chi connectivity index (χ1n) is 8.74. The Morgan fingerprint density at radius 1 is 0.609 bits per heavy atom. The van der Waals surface area contributed by atoms with E-state index in [2.05, 4.69) is 91.0 Å². The van der Waals surface area contributed by atoms with E-state index in [-0.39, 0.29) is 10.8 Å². The molecule has 0 atom stereocenters. The van der Waals surface area contributed by atoms with E-state index in [0.29, 0.717) is 0 Å². The molecule has 0 bridgehead atoms. The Hall–Kier alpha value is -1.34. The lowest BCUT2D eigenvalue weighted by atomic mass is 9.83. The highest BCUT2D eigenvalue weighted by Crippen LogP contribution is 2.36. The van der Waals surface area contributed by atoms with Crippen LogP contribution in [0.15, 0.2) is 36.4 Å². The van der Waals surface area contributed by atoms with Crippen molar-refractivity contribution in [2.24, 2.45) is 0 Å². The largest absolute Gasteiger partial charge is 0.114 e. The van der Waals surface area contributed by atoms with Crippen molar-refractivity contribution in [1.82, 2.24) is 0 Å². The molecule has 0 aromatic heterocycles. The molecule has 0 nitrogen and oxygen atoms in total. The highest BCUT2D eigenvalue weighted by molar-refractivity contribution is 7.04. The molecule has 0 saturated carbocycles. The Labute approximate surface area is 143 Å². The summed E-state index contributed by atoms with van der Waals surface area (Å²) < 4.78 is 0. The molecule has 0 radical (unpaired) electrons. The second-order valence-corrected chi connectivity index (χ2v) is 13.8. The minimum atomic E-state index is -1.69. The molecule has 3 rings (SSSR count). The maximum absolute atomic E-state index is 2.54. The zero-order valence-corrected chi connectivity index (χ0v) is 17.0. The van der Waals surface area contributed by atoms with Gasteiger partial charge in [0.05, 0.1) is 0 Å². The van der Waals surface area contributed by atoms with Crippen LogP contribution in [0.5, 0.6) is 0 Å². The Morgan fingerprint density at radius 2 is 0.957 bits per heavy atom. The van der Waals surface area contributed by atoms with Gasteiger partial charge in [-0.25, -0.2) is 0 Å². The first-order valence-corrected chi connectivity index (χ1v) is 11.7. The third-order valence-electron chi connectivity index (χ3n) is 5.29. The van der Waals surface area contributed by atoms with Crippen molar-refractivity contribution in [2.75, 3.05) is 0 Å². The fourth-order valence-corrected chi connectivity index (χ4v) is 8.57. The summed E-state index contributed by atoms with van der Waals surface area (Å²) in [6.45, 7) is 19.2. The number of hydrogen-bond acceptors (Lipinski definition) is 0. The van der Waals surface area contributed by atoms with Gasteiger partial charge in [-0.2, -0.15) is 0 Å². The van der Waals surface area contributed by atoms with Crippen LogP contribution in [0.1, 0.15) is 52.7 Å². The van der Waals surface area contributed by atoms with Crippen LogP contribution in [-0.4, -0.2) is 8.07 Å². The quantitative estimate of drug-likeness (QED) is 0.593. The van der Waals surface area contributed by atoms with Gasteiger partial charge >= 0.3 is 0 Å². The second kappa shape index (κ2) is 4.83. The molecular formula is C22H30Si. The van der Waals surface area contributed by atoms with Gasteiger partial charge < -0.3 is 0 Å². The van der Waals surface area contributed by atoms with E-state index < -0.39 is 8.07 Å². The van der Waals surface area contributed by atoms with Crippen LogP contribution in [0.4, 0.5) is 0 Å². The number of benzene rings is 2. The number of rotatable bonds is 0. The standard InChI is InChI=1S/C22H30Si/c1-21(2,3)17-13-9-11-15-16-12-10-14-18(22(4,5)6)20(16)23(7,8)19(15)17/h9-14H,1-8H3. The first kappa shape index (κ1) is 16.5. The summed E-state index contributed by atoms with van der Waals surface area (Å²) in [5.41, 5.74) is 6.47. The van der Waals surface area contributed by atoms with E-state index >= 15 is 0 Å². The van der Waals surface area contributed by atoms with Gasteiger partial charge in [0.15, 0.2) is 0 Å². The van der Waals surface area contributed by atoms with Crippen LogP contribution in [0.25, 0.3) is 11.1 Å². The fourth-order valence-electron chi connectivity index (χ4n) is 4.28. The van der Waals surface area contributed by atoms with Gasteiger partial charge in [-0.1, -0.05) is 91.0 Å². The summed E-state index contributed by atoms with van der Waals surface area (Å²) in [6.07, 6.45) is 0. The van der Waals surface area contributed by atoms with Gasteiger partial charge in [-0.3, -0.25) is 0 Å². The highest BCUT2D eigenvalue weighted by atomic mass is 28.3. The lowest BCUT2D eigenvalue weighted by Crippen LogP contribution is -2.54. The molecular weight excluding hydrogens is 292 g/mol. The van der Waals surface area contributed by atoms with Gasteiger partial charge in [0.2, 0.25) is 0 Å². The minimum absolute atomic E-state index is 0.194. The maximum atomic E-state index is 2.54. The molecule has 0 unspecified atom stereocenters. The molecule has 23 heavy (non-hydrogen) atoms. The zero-order valence-electron chi connectivity index (χ0n) is 16.0. The van der Waals surface area contributed by atoms with E-state index in [1.54, 1.807) is 21.5 Å². The summed E-state index contributed by atoms with van der Waals surface area (Å²) >= 11 is 0. The van der Waals surface area contributed by atoms with E-state index in [0.717, 1.165) is 0 Å². The molecule has 2 aromatic rings. The van der Waals surface area contributed by atoms with Crippen LogP contribution < -0.4 is 10.4 Å². The number of fused-ring (bicyclic) bond motifs is 3. The minimum Gasteiger partial charge on any atom is -0.0616 e. The van der Waals surface area contributed by atoms with Crippen molar-refractivity contribution in [3.8, 4) is 11.1 Å².